The SMILES string of the molecule is CO[C@@H]1CCC[C@H](C(=O)CN2CCC[C@H]2C(=O)N[C@@H](Cc2ccccc2)C(=O)OC(C)(C)C)C1. The third-order valence-electron chi connectivity index (χ3n) is 6.73. The van der Waals surface area contributed by atoms with Gasteiger partial charge in [0, 0.05) is 19.4 Å². The maximum atomic E-state index is 13.3. The summed E-state index contributed by atoms with van der Waals surface area (Å²) in [6.45, 7) is 6.43. The number of hydrogen-bond acceptors (Lipinski definition) is 6. The molecule has 1 saturated heterocycles. The van der Waals surface area contributed by atoms with E-state index in [4.69, 9.17) is 9.47 Å². The van der Waals surface area contributed by atoms with Gasteiger partial charge in [-0.2, -0.15) is 0 Å². The first-order valence-electron chi connectivity index (χ1n) is 12.5. The van der Waals surface area contributed by atoms with Crippen LogP contribution < -0.4 is 5.32 Å². The summed E-state index contributed by atoms with van der Waals surface area (Å²) in [7, 11) is 1.70. The molecule has 1 aliphatic carbocycles. The summed E-state index contributed by atoms with van der Waals surface area (Å²) in [5.74, 6) is -0.473. The fraction of sp³-hybridized carbons (Fsp3) is 0.667. The molecule has 1 N–H and O–H groups in total. The number of rotatable bonds is 9. The van der Waals surface area contributed by atoms with Crippen LogP contribution in [-0.2, 0) is 30.3 Å². The summed E-state index contributed by atoms with van der Waals surface area (Å²) < 4.78 is 11.1. The van der Waals surface area contributed by atoms with Crippen LogP contribution in [0.25, 0.3) is 0 Å². The smallest absolute Gasteiger partial charge is 0.329 e. The molecule has 0 spiro atoms. The molecule has 0 aromatic heterocycles. The van der Waals surface area contributed by atoms with Gasteiger partial charge < -0.3 is 14.8 Å². The lowest BCUT2D eigenvalue weighted by Gasteiger charge is -2.30. The van der Waals surface area contributed by atoms with Crippen LogP contribution in [0.4, 0.5) is 0 Å². The van der Waals surface area contributed by atoms with Gasteiger partial charge in [-0.15, -0.1) is 0 Å². The fourth-order valence-corrected chi connectivity index (χ4v) is 4.98. The predicted octanol–water partition coefficient (Wildman–Crippen LogP) is 3.29. The maximum Gasteiger partial charge on any atom is 0.329 e. The summed E-state index contributed by atoms with van der Waals surface area (Å²) in [5.41, 5.74) is 0.296. The van der Waals surface area contributed by atoms with Crippen LogP contribution in [0, 0.1) is 5.92 Å². The first kappa shape index (κ1) is 26.4. The second kappa shape index (κ2) is 11.9. The molecule has 34 heavy (non-hydrogen) atoms. The van der Waals surface area contributed by atoms with Crippen molar-refractivity contribution in [2.45, 2.75) is 89.5 Å². The van der Waals surface area contributed by atoms with E-state index in [0.29, 0.717) is 19.4 Å². The van der Waals surface area contributed by atoms with E-state index in [-0.39, 0.29) is 30.3 Å². The van der Waals surface area contributed by atoms with E-state index in [1.165, 1.54) is 0 Å². The number of hydrogen-bond donors (Lipinski definition) is 1. The van der Waals surface area contributed by atoms with E-state index in [1.807, 2.05) is 56.0 Å². The van der Waals surface area contributed by atoms with Gasteiger partial charge in [0.1, 0.15) is 17.4 Å². The molecule has 0 radical (unpaired) electrons. The standard InChI is InChI=1S/C27H40N2O5/c1-27(2,3)34-26(32)22(16-19-10-6-5-7-11-19)28-25(31)23-14-9-15-29(23)18-24(30)20-12-8-13-21(17-20)33-4/h5-7,10-11,20-23H,8-9,12-18H2,1-4H3,(H,28,31)/t20-,21+,22-,23-/m0/s1. The number of ketones is 1. The molecular weight excluding hydrogens is 432 g/mol. The van der Waals surface area contributed by atoms with Gasteiger partial charge in [0.25, 0.3) is 0 Å². The number of ether oxygens (including phenoxy) is 2. The topological polar surface area (TPSA) is 84.9 Å². The van der Waals surface area contributed by atoms with E-state index >= 15 is 0 Å². The number of likely N-dealkylation sites (tertiary alicyclic amines) is 1. The summed E-state index contributed by atoms with van der Waals surface area (Å²) >= 11 is 0. The van der Waals surface area contributed by atoms with Crippen molar-refractivity contribution in [3.63, 3.8) is 0 Å². The zero-order chi connectivity index (χ0) is 24.7. The van der Waals surface area contributed by atoms with Gasteiger partial charge in [0.05, 0.1) is 18.7 Å². The molecule has 2 fully saturated rings. The Hall–Kier alpha value is -2.25. The molecule has 7 nitrogen and oxygen atoms in total. The van der Waals surface area contributed by atoms with Gasteiger partial charge in [0.15, 0.2) is 0 Å². The Labute approximate surface area is 203 Å². The predicted molar refractivity (Wildman–Crippen MR) is 130 cm³/mol. The van der Waals surface area contributed by atoms with Crippen LogP contribution in [0.2, 0.25) is 0 Å². The zero-order valence-electron chi connectivity index (χ0n) is 21.0. The van der Waals surface area contributed by atoms with Crippen LogP contribution in [0.5, 0.6) is 0 Å². The van der Waals surface area contributed by atoms with Gasteiger partial charge in [-0.1, -0.05) is 36.8 Å². The summed E-state index contributed by atoms with van der Waals surface area (Å²) in [6.07, 6.45) is 5.68. The highest BCUT2D eigenvalue weighted by Gasteiger charge is 2.37. The average Bonchev–Trinajstić information content (AvgIpc) is 3.26. The molecule has 3 rings (SSSR count). The molecule has 1 aliphatic heterocycles. The van der Waals surface area contributed by atoms with Crippen molar-refractivity contribution >= 4 is 17.7 Å². The Bertz CT molecular complexity index is 835. The molecule has 0 unspecified atom stereocenters. The fourth-order valence-electron chi connectivity index (χ4n) is 4.98. The highest BCUT2D eigenvalue weighted by atomic mass is 16.6. The minimum Gasteiger partial charge on any atom is -0.458 e. The quantitative estimate of drug-likeness (QED) is 0.555. The number of nitrogens with one attached hydrogen (secondary N) is 1. The van der Waals surface area contributed by atoms with E-state index in [9.17, 15) is 14.4 Å². The van der Waals surface area contributed by atoms with Crippen molar-refractivity contribution in [3.8, 4) is 0 Å². The minimum atomic E-state index is -0.784. The Kier molecular flexibility index (Phi) is 9.25. The van der Waals surface area contributed by atoms with Gasteiger partial charge in [-0.25, -0.2) is 4.79 Å². The summed E-state index contributed by atoms with van der Waals surface area (Å²) in [5, 5.41) is 2.94. The summed E-state index contributed by atoms with van der Waals surface area (Å²) in [4.78, 5) is 41.2. The molecular formula is C27H40N2O5. The lowest BCUT2D eigenvalue weighted by Crippen LogP contribution is -2.52. The molecule has 7 heteroatoms. The third kappa shape index (κ3) is 7.64. The largest absolute Gasteiger partial charge is 0.458 e. The molecule has 1 saturated carbocycles. The minimum absolute atomic E-state index is 0.00407. The normalized spacial score (nSPS) is 24.4. The average molecular weight is 473 g/mol. The van der Waals surface area contributed by atoms with Crippen molar-refractivity contribution in [3.05, 3.63) is 35.9 Å². The second-order valence-corrected chi connectivity index (χ2v) is 10.6. The molecule has 2 aliphatic rings. The Morgan fingerprint density at radius 1 is 1.09 bits per heavy atom. The molecule has 4 atom stereocenters. The number of benzene rings is 1. The molecule has 1 amide bonds. The Balaban J connectivity index is 1.64. The number of carbonyl (C=O) groups is 3. The highest BCUT2D eigenvalue weighted by molar-refractivity contribution is 5.89. The number of methoxy groups -OCH3 is 1. The van der Waals surface area contributed by atoms with E-state index in [2.05, 4.69) is 5.32 Å². The highest BCUT2D eigenvalue weighted by Crippen LogP contribution is 2.28. The van der Waals surface area contributed by atoms with Crippen LogP contribution in [0.1, 0.15) is 64.9 Å². The van der Waals surface area contributed by atoms with Crippen molar-refractivity contribution in [2.75, 3.05) is 20.2 Å². The first-order valence-corrected chi connectivity index (χ1v) is 12.5. The Morgan fingerprint density at radius 2 is 1.82 bits per heavy atom. The lowest BCUT2D eigenvalue weighted by molar-refractivity contribution is -0.159. The molecule has 188 valence electrons. The van der Waals surface area contributed by atoms with Gasteiger partial charge >= 0.3 is 5.97 Å². The van der Waals surface area contributed by atoms with E-state index in [0.717, 1.165) is 37.7 Å². The van der Waals surface area contributed by atoms with Crippen molar-refractivity contribution in [2.24, 2.45) is 5.92 Å². The van der Waals surface area contributed by atoms with Crippen molar-refractivity contribution in [1.82, 2.24) is 10.2 Å². The number of amides is 1. The molecule has 0 bridgehead atoms. The van der Waals surface area contributed by atoms with Crippen molar-refractivity contribution in [1.29, 1.82) is 0 Å². The van der Waals surface area contributed by atoms with E-state index < -0.39 is 23.7 Å². The molecule has 1 heterocycles. The van der Waals surface area contributed by atoms with Crippen molar-refractivity contribution < 1.29 is 23.9 Å². The van der Waals surface area contributed by atoms with Crippen LogP contribution in [0.3, 0.4) is 0 Å². The van der Waals surface area contributed by atoms with Gasteiger partial charge in [-0.3, -0.25) is 14.5 Å². The first-order chi connectivity index (χ1) is 16.2. The van der Waals surface area contributed by atoms with Crippen LogP contribution in [-0.4, -0.2) is 66.5 Å². The number of carbonyl (C=O) groups excluding carboxylic acids is 3. The number of Topliss-reactive ketones (excluding diaryl/α,β-unsaturated/α-hetero) is 1. The zero-order valence-corrected chi connectivity index (χ0v) is 21.0. The van der Waals surface area contributed by atoms with E-state index in [1.54, 1.807) is 7.11 Å². The molecule has 1 aromatic rings. The third-order valence-corrected chi connectivity index (χ3v) is 6.73. The maximum absolute atomic E-state index is 13.3. The van der Waals surface area contributed by atoms with Crippen LogP contribution >= 0.6 is 0 Å². The lowest BCUT2D eigenvalue weighted by atomic mass is 9.84. The number of esters is 1. The van der Waals surface area contributed by atoms with Gasteiger partial charge in [0.2, 0.25) is 5.91 Å². The number of nitrogens with zero attached hydrogens (tertiary/aromatic N) is 1. The van der Waals surface area contributed by atoms with Gasteiger partial charge in [-0.05, 0) is 65.0 Å². The Morgan fingerprint density at radius 3 is 2.50 bits per heavy atom. The second-order valence-electron chi connectivity index (χ2n) is 10.6. The molecule has 1 aromatic carbocycles. The van der Waals surface area contributed by atoms with Crippen LogP contribution in [0.15, 0.2) is 30.3 Å². The monoisotopic (exact) mass is 472 g/mol. The summed E-state index contributed by atoms with van der Waals surface area (Å²) in [6, 6.07) is 8.40.